The van der Waals surface area contributed by atoms with Gasteiger partial charge in [-0.1, -0.05) is 0 Å². The molecule has 12 heteroatoms. The number of hydrogen-bond acceptors (Lipinski definition) is 6. The highest BCUT2D eigenvalue weighted by atomic mass is 19.4. The molecule has 2 aliphatic rings. The minimum absolute atomic E-state index is 0.157. The van der Waals surface area contributed by atoms with Gasteiger partial charge >= 0.3 is 6.18 Å². The summed E-state index contributed by atoms with van der Waals surface area (Å²) in [5.74, 6) is 0.929. The van der Waals surface area contributed by atoms with Crippen molar-refractivity contribution in [2.24, 2.45) is 0 Å². The van der Waals surface area contributed by atoms with Crippen LogP contribution in [0.25, 0.3) is 16.9 Å². The SMILES string of the molecule is Fc1ccc2c3c1CNc1c(cc(-c4ccnn4CC(F)(F)F)c4nncn14)OC[C@@H]3CO2. The molecule has 0 saturated heterocycles. The molecule has 0 fully saturated rings. The molecule has 33 heavy (non-hydrogen) atoms. The molecule has 1 N–H and O–H groups in total. The van der Waals surface area contributed by atoms with Gasteiger partial charge in [0.25, 0.3) is 0 Å². The lowest BCUT2D eigenvalue weighted by atomic mass is 9.96. The molecule has 5 heterocycles. The van der Waals surface area contributed by atoms with E-state index in [1.54, 1.807) is 16.5 Å². The highest BCUT2D eigenvalue weighted by molar-refractivity contribution is 5.80. The van der Waals surface area contributed by atoms with Crippen molar-refractivity contribution < 1.29 is 27.0 Å². The van der Waals surface area contributed by atoms with Crippen molar-refractivity contribution >= 4 is 11.5 Å². The number of halogens is 4. The van der Waals surface area contributed by atoms with Gasteiger partial charge < -0.3 is 14.8 Å². The lowest BCUT2D eigenvalue weighted by Gasteiger charge is -2.17. The average molecular weight is 460 g/mol. The van der Waals surface area contributed by atoms with Crippen molar-refractivity contribution in [3.8, 4) is 22.8 Å². The average Bonchev–Trinajstić information content (AvgIpc) is 3.50. The van der Waals surface area contributed by atoms with Gasteiger partial charge in [0, 0.05) is 29.4 Å². The van der Waals surface area contributed by atoms with Crippen LogP contribution < -0.4 is 14.8 Å². The van der Waals surface area contributed by atoms with Crippen LogP contribution in [0.5, 0.6) is 11.5 Å². The minimum Gasteiger partial charge on any atom is -0.493 e. The zero-order valence-corrected chi connectivity index (χ0v) is 16.9. The third-order valence-electron chi connectivity index (χ3n) is 5.84. The molecule has 2 aliphatic heterocycles. The molecule has 0 spiro atoms. The van der Waals surface area contributed by atoms with Crippen LogP contribution in [-0.2, 0) is 13.1 Å². The second-order valence-corrected chi connectivity index (χ2v) is 7.89. The Balaban J connectivity index is 1.48. The smallest absolute Gasteiger partial charge is 0.408 e. The van der Waals surface area contributed by atoms with Gasteiger partial charge in [-0.05, 0) is 24.3 Å². The Morgan fingerprint density at radius 2 is 1.94 bits per heavy atom. The van der Waals surface area contributed by atoms with Gasteiger partial charge in [0.2, 0.25) is 0 Å². The predicted octanol–water partition coefficient (Wildman–Crippen LogP) is 3.77. The Labute approximate surface area is 183 Å². The first-order valence-corrected chi connectivity index (χ1v) is 10.2. The molecule has 0 amide bonds. The Morgan fingerprint density at radius 3 is 2.76 bits per heavy atom. The summed E-state index contributed by atoms with van der Waals surface area (Å²) in [4.78, 5) is 0. The third-order valence-corrected chi connectivity index (χ3v) is 5.84. The van der Waals surface area contributed by atoms with Crippen LogP contribution in [0.1, 0.15) is 17.0 Å². The van der Waals surface area contributed by atoms with Crippen LogP contribution in [0.3, 0.4) is 0 Å². The van der Waals surface area contributed by atoms with Crippen LogP contribution in [0.15, 0.2) is 36.8 Å². The van der Waals surface area contributed by atoms with Gasteiger partial charge in [-0.2, -0.15) is 18.3 Å². The van der Waals surface area contributed by atoms with Gasteiger partial charge in [-0.15, -0.1) is 10.2 Å². The largest absolute Gasteiger partial charge is 0.493 e. The molecule has 8 nitrogen and oxygen atoms in total. The number of benzene rings is 1. The first-order chi connectivity index (χ1) is 15.9. The molecule has 0 aliphatic carbocycles. The highest BCUT2D eigenvalue weighted by Crippen LogP contribution is 2.42. The van der Waals surface area contributed by atoms with Crippen LogP contribution >= 0.6 is 0 Å². The van der Waals surface area contributed by atoms with Crippen LogP contribution in [0, 0.1) is 5.82 Å². The first-order valence-electron chi connectivity index (χ1n) is 10.2. The number of fused-ring (bicyclic) bond motifs is 3. The van der Waals surface area contributed by atoms with Crippen molar-refractivity contribution in [2.75, 3.05) is 18.5 Å². The highest BCUT2D eigenvalue weighted by Gasteiger charge is 2.33. The van der Waals surface area contributed by atoms with Gasteiger partial charge in [0.1, 0.15) is 24.4 Å². The molecule has 3 aromatic heterocycles. The first kappa shape index (κ1) is 19.8. The van der Waals surface area contributed by atoms with Gasteiger partial charge in [-0.3, -0.25) is 9.08 Å². The minimum atomic E-state index is -4.44. The standard InChI is InChI=1S/C21H16F4N6O2/c22-14-1-2-16-18-11(7-32-16)8-33-17-5-12(15-3-4-28-31(15)9-21(23,24)25)19-29-27-10-30(19)20(17)26-6-13(14)18/h1-5,10-11,26H,6-9H2/t11-/m0/s1. The van der Waals surface area contributed by atoms with Crippen molar-refractivity contribution in [3.05, 3.63) is 53.7 Å². The van der Waals surface area contributed by atoms with Gasteiger partial charge in [0.05, 0.1) is 24.8 Å². The van der Waals surface area contributed by atoms with Gasteiger partial charge in [-0.25, -0.2) is 4.39 Å². The predicted molar refractivity (Wildman–Crippen MR) is 108 cm³/mol. The quantitative estimate of drug-likeness (QED) is 0.459. The number of aromatic nitrogens is 5. The van der Waals surface area contributed by atoms with E-state index in [2.05, 4.69) is 20.6 Å². The third kappa shape index (κ3) is 3.24. The van der Waals surface area contributed by atoms with E-state index in [4.69, 9.17) is 9.47 Å². The fraction of sp³-hybridized carbons (Fsp3) is 0.286. The van der Waals surface area contributed by atoms with Crippen molar-refractivity contribution in [2.45, 2.75) is 25.2 Å². The summed E-state index contributed by atoms with van der Waals surface area (Å²) in [5, 5.41) is 15.1. The van der Waals surface area contributed by atoms with E-state index in [0.717, 1.165) is 10.2 Å². The number of nitrogens with zero attached hydrogens (tertiary/aromatic N) is 5. The summed E-state index contributed by atoms with van der Waals surface area (Å²) in [6.07, 6.45) is -1.72. The molecule has 0 saturated carbocycles. The molecule has 0 bridgehead atoms. The van der Waals surface area contributed by atoms with E-state index in [9.17, 15) is 17.6 Å². The number of alkyl halides is 3. The molecular weight excluding hydrogens is 444 g/mol. The lowest BCUT2D eigenvalue weighted by Crippen LogP contribution is -2.19. The van der Waals surface area contributed by atoms with E-state index in [0.29, 0.717) is 40.7 Å². The van der Waals surface area contributed by atoms with Crippen molar-refractivity contribution in [3.63, 3.8) is 0 Å². The fourth-order valence-electron chi connectivity index (χ4n) is 4.43. The Hall–Kier alpha value is -3.83. The maximum atomic E-state index is 14.7. The molecule has 4 aromatic rings. The lowest BCUT2D eigenvalue weighted by molar-refractivity contribution is -0.142. The monoisotopic (exact) mass is 460 g/mol. The molecule has 170 valence electrons. The second-order valence-electron chi connectivity index (χ2n) is 7.89. The van der Waals surface area contributed by atoms with E-state index in [1.807, 2.05) is 0 Å². The molecule has 0 unspecified atom stereocenters. The summed E-state index contributed by atoms with van der Waals surface area (Å²) in [5.41, 5.74) is 2.16. The maximum absolute atomic E-state index is 14.7. The summed E-state index contributed by atoms with van der Waals surface area (Å²) in [6, 6.07) is 6.07. The Kier molecular flexibility index (Phi) is 4.26. The zero-order valence-electron chi connectivity index (χ0n) is 16.9. The molecule has 0 radical (unpaired) electrons. The number of ether oxygens (including phenoxy) is 2. The fourth-order valence-corrected chi connectivity index (χ4v) is 4.43. The number of rotatable bonds is 2. The Bertz CT molecular complexity index is 1380. The summed E-state index contributed by atoms with van der Waals surface area (Å²) in [7, 11) is 0. The van der Waals surface area contributed by atoms with Crippen LogP contribution in [0.2, 0.25) is 0 Å². The van der Waals surface area contributed by atoms with E-state index in [1.165, 1.54) is 24.7 Å². The topological polar surface area (TPSA) is 78.5 Å². The molecular formula is C21H16F4N6O2. The second kappa shape index (κ2) is 7.09. The number of anilines is 1. The van der Waals surface area contributed by atoms with Crippen LogP contribution in [-0.4, -0.2) is 43.8 Å². The van der Waals surface area contributed by atoms with E-state index < -0.39 is 12.7 Å². The van der Waals surface area contributed by atoms with Crippen molar-refractivity contribution in [1.82, 2.24) is 24.4 Å². The maximum Gasteiger partial charge on any atom is 0.408 e. The summed E-state index contributed by atoms with van der Waals surface area (Å²) in [6.45, 7) is -0.541. The van der Waals surface area contributed by atoms with E-state index >= 15 is 0 Å². The van der Waals surface area contributed by atoms with Crippen molar-refractivity contribution in [1.29, 1.82) is 0 Å². The number of hydrogen-bond donors (Lipinski definition) is 1. The summed E-state index contributed by atoms with van der Waals surface area (Å²) < 4.78 is 68.1. The zero-order chi connectivity index (χ0) is 22.7. The number of nitrogens with one attached hydrogen (secondary N) is 1. The molecule has 1 atom stereocenters. The van der Waals surface area contributed by atoms with Crippen LogP contribution in [0.4, 0.5) is 23.4 Å². The molecule has 1 aromatic carbocycles. The van der Waals surface area contributed by atoms with E-state index in [-0.39, 0.29) is 30.6 Å². The Morgan fingerprint density at radius 1 is 1.12 bits per heavy atom. The molecule has 6 rings (SSSR count). The number of pyridine rings is 1. The normalized spacial score (nSPS) is 17.3. The summed E-state index contributed by atoms with van der Waals surface area (Å²) >= 11 is 0. The van der Waals surface area contributed by atoms with Gasteiger partial charge in [0.15, 0.2) is 17.2 Å².